The molecule has 1 aromatic carbocycles. The highest BCUT2D eigenvalue weighted by Gasteiger charge is 2.23. The predicted molar refractivity (Wildman–Crippen MR) is 82.0 cm³/mol. The fourth-order valence-electron chi connectivity index (χ4n) is 1.91. The SMILES string of the molecule is CCN(CC)S(=O)(=O)Nc1cc(OC)c(OC)cc1C(=O)O. The van der Waals surface area contributed by atoms with Crippen LogP contribution in [0.1, 0.15) is 24.2 Å². The molecule has 0 spiro atoms. The Hall–Kier alpha value is -2.00. The molecule has 0 atom stereocenters. The second-order valence-electron chi connectivity index (χ2n) is 4.25. The summed E-state index contributed by atoms with van der Waals surface area (Å²) in [6.07, 6.45) is 0. The molecule has 22 heavy (non-hydrogen) atoms. The van der Waals surface area contributed by atoms with Crippen LogP contribution in [0.15, 0.2) is 12.1 Å². The number of carboxylic acids is 1. The van der Waals surface area contributed by atoms with Gasteiger partial charge < -0.3 is 14.6 Å². The van der Waals surface area contributed by atoms with Crippen molar-refractivity contribution in [2.75, 3.05) is 32.0 Å². The molecule has 0 saturated carbocycles. The van der Waals surface area contributed by atoms with Crippen LogP contribution in [-0.2, 0) is 10.2 Å². The van der Waals surface area contributed by atoms with E-state index in [9.17, 15) is 18.3 Å². The molecule has 9 heteroatoms. The summed E-state index contributed by atoms with van der Waals surface area (Å²) in [4.78, 5) is 11.3. The van der Waals surface area contributed by atoms with Crippen LogP contribution in [0.2, 0.25) is 0 Å². The molecule has 124 valence electrons. The van der Waals surface area contributed by atoms with Gasteiger partial charge in [0, 0.05) is 25.2 Å². The number of nitrogens with zero attached hydrogens (tertiary/aromatic N) is 1. The van der Waals surface area contributed by atoms with Crippen LogP contribution in [0.3, 0.4) is 0 Å². The molecule has 2 N–H and O–H groups in total. The molecule has 0 unspecified atom stereocenters. The van der Waals surface area contributed by atoms with Crippen LogP contribution in [0.25, 0.3) is 0 Å². The van der Waals surface area contributed by atoms with E-state index in [1.54, 1.807) is 13.8 Å². The van der Waals surface area contributed by atoms with E-state index >= 15 is 0 Å². The Bertz CT molecular complexity index is 640. The van der Waals surface area contributed by atoms with Crippen molar-refractivity contribution in [1.82, 2.24) is 4.31 Å². The number of nitrogens with one attached hydrogen (secondary N) is 1. The first-order valence-electron chi connectivity index (χ1n) is 6.57. The smallest absolute Gasteiger partial charge is 0.337 e. The fraction of sp³-hybridized carbons (Fsp3) is 0.462. The monoisotopic (exact) mass is 332 g/mol. The van der Waals surface area contributed by atoms with Crippen molar-refractivity contribution in [1.29, 1.82) is 0 Å². The summed E-state index contributed by atoms with van der Waals surface area (Å²) >= 11 is 0. The third kappa shape index (κ3) is 3.80. The lowest BCUT2D eigenvalue weighted by atomic mass is 10.1. The minimum Gasteiger partial charge on any atom is -0.493 e. The Morgan fingerprint density at radius 1 is 1.18 bits per heavy atom. The summed E-state index contributed by atoms with van der Waals surface area (Å²) < 4.78 is 38.0. The van der Waals surface area contributed by atoms with Crippen molar-refractivity contribution in [3.05, 3.63) is 17.7 Å². The summed E-state index contributed by atoms with van der Waals surface area (Å²) in [6.45, 7) is 3.91. The standard InChI is InChI=1S/C13H20N2O6S/c1-5-15(6-2)22(18,19)14-10-8-12(21-4)11(20-3)7-9(10)13(16)17/h7-8,14H,5-6H2,1-4H3,(H,16,17). The van der Waals surface area contributed by atoms with E-state index in [-0.39, 0.29) is 35.8 Å². The van der Waals surface area contributed by atoms with Crippen LogP contribution in [0.4, 0.5) is 5.69 Å². The minimum absolute atomic E-state index is 0.0861. The maximum atomic E-state index is 12.2. The highest BCUT2D eigenvalue weighted by Crippen LogP contribution is 2.34. The predicted octanol–water partition coefficient (Wildman–Crippen LogP) is 1.40. The Morgan fingerprint density at radius 3 is 2.09 bits per heavy atom. The van der Waals surface area contributed by atoms with Crippen LogP contribution >= 0.6 is 0 Å². The topological polar surface area (TPSA) is 105 Å². The normalized spacial score (nSPS) is 11.3. The number of carbonyl (C=O) groups is 1. The van der Waals surface area contributed by atoms with Gasteiger partial charge >= 0.3 is 16.2 Å². The fourth-order valence-corrected chi connectivity index (χ4v) is 3.16. The van der Waals surface area contributed by atoms with Crippen LogP contribution < -0.4 is 14.2 Å². The van der Waals surface area contributed by atoms with Crippen molar-refractivity contribution >= 4 is 21.9 Å². The van der Waals surface area contributed by atoms with E-state index in [1.807, 2.05) is 0 Å². The third-order valence-electron chi connectivity index (χ3n) is 3.04. The van der Waals surface area contributed by atoms with Gasteiger partial charge in [-0.2, -0.15) is 12.7 Å². The number of carboxylic acid groups (broad SMARTS) is 1. The second kappa shape index (κ2) is 7.32. The summed E-state index contributed by atoms with van der Waals surface area (Å²) in [7, 11) is -1.11. The highest BCUT2D eigenvalue weighted by atomic mass is 32.2. The Morgan fingerprint density at radius 2 is 1.68 bits per heavy atom. The van der Waals surface area contributed by atoms with Gasteiger partial charge in [-0.05, 0) is 0 Å². The van der Waals surface area contributed by atoms with E-state index < -0.39 is 16.2 Å². The average molecular weight is 332 g/mol. The molecule has 0 fully saturated rings. The first kappa shape index (κ1) is 18.1. The molecule has 0 amide bonds. The van der Waals surface area contributed by atoms with Crippen LogP contribution in [0.5, 0.6) is 11.5 Å². The zero-order valence-corrected chi connectivity index (χ0v) is 13.7. The number of anilines is 1. The largest absolute Gasteiger partial charge is 0.493 e. The van der Waals surface area contributed by atoms with Gasteiger partial charge in [0.25, 0.3) is 0 Å². The number of ether oxygens (including phenoxy) is 2. The van der Waals surface area contributed by atoms with E-state index in [2.05, 4.69) is 4.72 Å². The van der Waals surface area contributed by atoms with Crippen LogP contribution in [0, 0.1) is 0 Å². The third-order valence-corrected chi connectivity index (χ3v) is 4.71. The molecule has 0 radical (unpaired) electrons. The summed E-state index contributed by atoms with van der Waals surface area (Å²) in [6, 6.07) is 2.49. The van der Waals surface area contributed by atoms with Crippen LogP contribution in [-0.4, -0.2) is 51.1 Å². The molecule has 0 aliphatic rings. The molecule has 1 aromatic rings. The van der Waals surface area contributed by atoms with Gasteiger partial charge in [-0.15, -0.1) is 0 Å². The van der Waals surface area contributed by atoms with Gasteiger partial charge in [0.15, 0.2) is 11.5 Å². The van der Waals surface area contributed by atoms with Crippen molar-refractivity contribution in [2.24, 2.45) is 0 Å². The number of benzene rings is 1. The van der Waals surface area contributed by atoms with Gasteiger partial charge in [-0.3, -0.25) is 4.72 Å². The van der Waals surface area contributed by atoms with E-state index in [4.69, 9.17) is 9.47 Å². The molecule has 0 saturated heterocycles. The van der Waals surface area contributed by atoms with Gasteiger partial charge in [0.05, 0.1) is 25.5 Å². The van der Waals surface area contributed by atoms with E-state index in [1.165, 1.54) is 30.7 Å². The Labute approximate surface area is 129 Å². The zero-order chi connectivity index (χ0) is 16.9. The lowest BCUT2D eigenvalue weighted by Crippen LogP contribution is -2.35. The molecular weight excluding hydrogens is 312 g/mol. The summed E-state index contributed by atoms with van der Waals surface area (Å²) in [5.74, 6) is -0.853. The summed E-state index contributed by atoms with van der Waals surface area (Å²) in [5.41, 5.74) is -0.314. The maximum absolute atomic E-state index is 12.2. The maximum Gasteiger partial charge on any atom is 0.337 e. The second-order valence-corrected chi connectivity index (χ2v) is 5.92. The summed E-state index contributed by atoms with van der Waals surface area (Å²) in [5, 5.41) is 9.25. The molecule has 0 bridgehead atoms. The highest BCUT2D eigenvalue weighted by molar-refractivity contribution is 7.90. The molecule has 0 aliphatic carbocycles. The zero-order valence-electron chi connectivity index (χ0n) is 12.9. The van der Waals surface area contributed by atoms with Gasteiger partial charge in [-0.25, -0.2) is 4.79 Å². The van der Waals surface area contributed by atoms with Crippen molar-refractivity contribution < 1.29 is 27.8 Å². The molecule has 0 aromatic heterocycles. The number of aromatic carboxylic acids is 1. The van der Waals surface area contributed by atoms with E-state index in [0.29, 0.717) is 0 Å². The first-order chi connectivity index (χ1) is 10.3. The lowest BCUT2D eigenvalue weighted by molar-refractivity contribution is 0.0697. The quantitative estimate of drug-likeness (QED) is 0.745. The van der Waals surface area contributed by atoms with Crippen molar-refractivity contribution in [3.63, 3.8) is 0 Å². The number of hydrogen-bond acceptors (Lipinski definition) is 5. The first-order valence-corrected chi connectivity index (χ1v) is 8.01. The number of methoxy groups -OCH3 is 2. The van der Waals surface area contributed by atoms with Gasteiger partial charge in [0.1, 0.15) is 0 Å². The van der Waals surface area contributed by atoms with Gasteiger partial charge in [0.2, 0.25) is 0 Å². The number of hydrogen-bond donors (Lipinski definition) is 2. The number of rotatable bonds is 8. The molecule has 0 aliphatic heterocycles. The Balaban J connectivity index is 3.37. The minimum atomic E-state index is -3.85. The average Bonchev–Trinajstić information content (AvgIpc) is 2.46. The molecule has 1 rings (SSSR count). The van der Waals surface area contributed by atoms with Crippen molar-refractivity contribution in [2.45, 2.75) is 13.8 Å². The van der Waals surface area contributed by atoms with Crippen molar-refractivity contribution in [3.8, 4) is 11.5 Å². The molecular formula is C13H20N2O6S. The Kier molecular flexibility index (Phi) is 6.01. The molecule has 8 nitrogen and oxygen atoms in total. The van der Waals surface area contributed by atoms with Gasteiger partial charge in [-0.1, -0.05) is 13.8 Å². The molecule has 0 heterocycles. The lowest BCUT2D eigenvalue weighted by Gasteiger charge is -2.21. The van der Waals surface area contributed by atoms with E-state index in [0.717, 1.165) is 0 Å².